The van der Waals surface area contributed by atoms with Crippen LogP contribution in [0, 0.1) is 17.8 Å². The van der Waals surface area contributed by atoms with Gasteiger partial charge in [0.05, 0.1) is 33.0 Å². The van der Waals surface area contributed by atoms with Crippen molar-refractivity contribution in [3.63, 3.8) is 0 Å². The Labute approximate surface area is 394 Å². The summed E-state index contributed by atoms with van der Waals surface area (Å²) in [6.45, 7) is 42.6. The van der Waals surface area contributed by atoms with E-state index in [9.17, 15) is 28.8 Å². The van der Waals surface area contributed by atoms with Gasteiger partial charge in [-0.3, -0.25) is 24.0 Å². The number of carbonyl (C=O) groups is 6. The van der Waals surface area contributed by atoms with Crippen molar-refractivity contribution in [1.29, 1.82) is 0 Å². The number of carboxylic acids is 2. The van der Waals surface area contributed by atoms with Gasteiger partial charge in [0.25, 0.3) is 0 Å². The van der Waals surface area contributed by atoms with E-state index in [-0.39, 0.29) is 56.5 Å². The highest BCUT2D eigenvalue weighted by atomic mass is 29.3. The third kappa shape index (κ3) is 48.6. The van der Waals surface area contributed by atoms with Crippen LogP contribution >= 0.6 is 0 Å². The van der Waals surface area contributed by atoms with E-state index in [1.54, 1.807) is 20.9 Å². The first-order valence-corrected chi connectivity index (χ1v) is 33.3. The van der Waals surface area contributed by atoms with Crippen LogP contribution in [0.15, 0.2) is 24.3 Å². The van der Waals surface area contributed by atoms with Crippen LogP contribution < -0.4 is 22.1 Å². The first-order chi connectivity index (χ1) is 29.4. The molecule has 9 N–H and O–H groups in total. The molecule has 1 unspecified atom stereocenters. The Balaban J connectivity index is -0.000000130. The van der Waals surface area contributed by atoms with Crippen molar-refractivity contribution in [2.45, 2.75) is 178 Å². The Hall–Kier alpha value is -2.85. The molecule has 0 rings (SSSR count). The molecular formula is C46H100N4O11Si3. The normalized spacial score (nSPS) is 11.2. The number of nitrogens with two attached hydrogens (primary N) is 2. The summed E-state index contributed by atoms with van der Waals surface area (Å²) in [6, 6.07) is 2.80. The molecule has 0 saturated heterocycles. The Morgan fingerprint density at radius 3 is 1.55 bits per heavy atom. The number of carbonyl (C=O) groups excluding carboxylic acids is 4. The highest BCUT2D eigenvalue weighted by Crippen LogP contribution is 2.31. The monoisotopic (exact) mass is 970 g/mol. The predicted octanol–water partition coefficient (Wildman–Crippen LogP) is 8.47. The third-order valence-electron chi connectivity index (χ3n) is 9.35. The summed E-state index contributed by atoms with van der Waals surface area (Å²) in [7, 11) is -2.47. The van der Waals surface area contributed by atoms with Crippen LogP contribution in [0.5, 0.6) is 0 Å². The number of carboxylic acid groups (broad SMARTS) is 2. The lowest BCUT2D eigenvalue weighted by Gasteiger charge is -2.43. The number of amides is 2. The van der Waals surface area contributed by atoms with Gasteiger partial charge in [0.2, 0.25) is 11.8 Å². The number of nitrogens with one attached hydrogen (secondary N) is 2. The molecule has 0 aliphatic carbocycles. The van der Waals surface area contributed by atoms with E-state index in [1.165, 1.54) is 37.8 Å². The molecule has 1 atom stereocenters. The summed E-state index contributed by atoms with van der Waals surface area (Å²) < 4.78 is 12.2. The number of ether oxygens (including phenoxy) is 1. The maximum Gasteiger partial charge on any atom is 0.331 e. The Kier molecular flexibility index (Phi) is 50.0. The quantitative estimate of drug-likeness (QED) is 0.0232. The predicted molar refractivity (Wildman–Crippen MR) is 275 cm³/mol. The first-order valence-electron chi connectivity index (χ1n) is 23.0. The van der Waals surface area contributed by atoms with Crippen molar-refractivity contribution in [1.82, 2.24) is 10.6 Å². The Bertz CT molecular complexity index is 1290. The average molecular weight is 971 g/mol. The topological polar surface area (TPSA) is 258 Å². The highest BCUT2D eigenvalue weighted by molar-refractivity contribution is 7.39. The molecule has 0 spiro atoms. The number of aliphatic hydroxyl groups is 1. The van der Waals surface area contributed by atoms with Gasteiger partial charge in [0.1, 0.15) is 5.78 Å². The minimum absolute atomic E-state index is 0. The number of aliphatic hydroxyl groups excluding tert-OH is 1. The lowest BCUT2D eigenvalue weighted by Crippen LogP contribution is -2.61. The third-order valence-corrected chi connectivity index (χ3v) is 31.5. The minimum Gasteiger partial charge on any atom is -0.481 e. The molecular weight excluding hydrogens is 869 g/mol. The second-order valence-corrected chi connectivity index (χ2v) is 37.8. The number of Topliss-reactive ketones (excluding diaryl/α,β-unsaturated/α-hetero) is 2. The summed E-state index contributed by atoms with van der Waals surface area (Å²) in [4.78, 5) is 63.8. The zero-order chi connectivity index (χ0) is 51.7. The Morgan fingerprint density at radius 2 is 1.22 bits per heavy atom. The van der Waals surface area contributed by atoms with E-state index in [1.807, 2.05) is 6.92 Å². The molecule has 2 amide bonds. The molecule has 0 bridgehead atoms. The SMILES string of the molecule is C=C(CC(=O)NC)C(=O)CCC.C=C(CC(=O)O)C(=O)O.CC(C)COCC(C)C.CCCC[Si](C)(C)O[Si](C)(C)[Si](C)(C)CCCC.CCNC(=O)C(CO)CC(=O)CC.NCN.[2HH]. The van der Waals surface area contributed by atoms with Crippen LogP contribution in [0.1, 0.15) is 128 Å². The van der Waals surface area contributed by atoms with Crippen molar-refractivity contribution in [2.75, 3.05) is 40.1 Å². The molecule has 0 radical (unpaired) electrons. The van der Waals surface area contributed by atoms with Crippen molar-refractivity contribution in [3.05, 3.63) is 24.3 Å². The van der Waals surface area contributed by atoms with Crippen LogP contribution in [0.25, 0.3) is 0 Å². The van der Waals surface area contributed by atoms with E-state index in [0.717, 1.165) is 19.6 Å². The molecule has 64 heavy (non-hydrogen) atoms. The second-order valence-electron chi connectivity index (χ2n) is 18.0. The smallest absolute Gasteiger partial charge is 0.331 e. The molecule has 0 heterocycles. The summed E-state index contributed by atoms with van der Waals surface area (Å²) in [5, 5.41) is 29.9. The summed E-state index contributed by atoms with van der Waals surface area (Å²) in [5.74, 6) is -2.10. The summed E-state index contributed by atoms with van der Waals surface area (Å²) in [6.07, 6.45) is 6.83. The second kappa shape index (κ2) is 44.0. The van der Waals surface area contributed by atoms with E-state index in [2.05, 4.69) is 116 Å². The van der Waals surface area contributed by atoms with Gasteiger partial charge in [0.15, 0.2) is 21.9 Å². The number of ketones is 2. The summed E-state index contributed by atoms with van der Waals surface area (Å²) in [5.41, 5.74) is 9.35. The van der Waals surface area contributed by atoms with Crippen molar-refractivity contribution < 1.29 is 54.4 Å². The molecule has 0 saturated carbocycles. The van der Waals surface area contributed by atoms with Crippen LogP contribution in [0.2, 0.25) is 51.4 Å². The van der Waals surface area contributed by atoms with Crippen LogP contribution in [-0.2, 0) is 37.6 Å². The fourth-order valence-electron chi connectivity index (χ4n) is 4.96. The van der Waals surface area contributed by atoms with Gasteiger partial charge in [-0.15, -0.1) is 0 Å². The van der Waals surface area contributed by atoms with Crippen LogP contribution in [-0.4, -0.2) is 114 Å². The minimum atomic E-state index is -1.45. The molecule has 0 aromatic rings. The van der Waals surface area contributed by atoms with Crippen molar-refractivity contribution in [2.24, 2.45) is 29.2 Å². The van der Waals surface area contributed by atoms with Gasteiger partial charge in [0, 0.05) is 59.7 Å². The van der Waals surface area contributed by atoms with Crippen molar-refractivity contribution >= 4 is 59.1 Å². The highest BCUT2D eigenvalue weighted by Gasteiger charge is 2.45. The molecule has 0 aromatic carbocycles. The molecule has 0 aliphatic rings. The van der Waals surface area contributed by atoms with Crippen molar-refractivity contribution in [3.8, 4) is 0 Å². The lowest BCUT2D eigenvalue weighted by molar-refractivity contribution is -0.139. The first kappa shape index (κ1) is 72.7. The molecule has 0 aliphatic heterocycles. The van der Waals surface area contributed by atoms with Crippen LogP contribution in [0.3, 0.4) is 0 Å². The zero-order valence-corrected chi connectivity index (χ0v) is 46.4. The Morgan fingerprint density at radius 1 is 0.750 bits per heavy atom. The van der Waals surface area contributed by atoms with Gasteiger partial charge < -0.3 is 46.3 Å². The maximum absolute atomic E-state index is 11.2. The van der Waals surface area contributed by atoms with Gasteiger partial charge in [-0.2, -0.15) is 0 Å². The maximum atomic E-state index is 11.2. The lowest BCUT2D eigenvalue weighted by atomic mass is 10.0. The molecule has 0 aromatic heterocycles. The standard InChI is InChI=1S/C14H36OSi3.C9H17NO3.C9H15NO2.C8H18O.C5H6O4.CH6N2.H2/c1-9-11-13-16(3,4)15-18(7,8)17(5,6)14-12-10-2;1-3-8(12)5-7(6-11)9(13)10-4-2;1-4-5-8(11)7(2)6-9(12)10-3;1-7(2)5-9-6-8(3)4;1-3(5(8)9)2-4(6)7;2-1-3;/h9-14H2,1-8H3;7,11H,3-6H2,1-2H3,(H,10,13);2,4-6H2,1,3H3,(H,10,12);7-8H,5-6H2,1-4H3;1-2H2,(H,6,7)(H,8,9);1-3H2;1H/i;;;;;;1+1. The van der Waals surface area contributed by atoms with Gasteiger partial charge in [-0.05, 0) is 63.0 Å². The number of rotatable bonds is 27. The molecule has 0 fully saturated rings. The average Bonchev–Trinajstić information content (AvgIpc) is 3.18. The van der Waals surface area contributed by atoms with Crippen LogP contribution in [0.4, 0.5) is 0 Å². The molecule has 15 nitrogen and oxygen atoms in total. The fraction of sp³-hybridized carbons (Fsp3) is 0.783. The van der Waals surface area contributed by atoms with Gasteiger partial charge in [-0.25, -0.2) is 4.79 Å². The summed E-state index contributed by atoms with van der Waals surface area (Å²) >= 11 is 0. The van der Waals surface area contributed by atoms with E-state index >= 15 is 0 Å². The van der Waals surface area contributed by atoms with Gasteiger partial charge in [-0.1, -0.05) is 113 Å². The zero-order valence-electron chi connectivity index (χ0n) is 43.4. The number of aliphatic carboxylic acids is 2. The number of unbranched alkanes of at least 4 members (excludes halogenated alkanes) is 2. The van der Waals surface area contributed by atoms with E-state index in [4.69, 9.17) is 24.2 Å². The fourth-order valence-corrected chi connectivity index (χ4v) is 22.4. The molecule has 382 valence electrons. The number of hydrogen-bond acceptors (Lipinski definition) is 11. The van der Waals surface area contributed by atoms with E-state index in [0.29, 0.717) is 36.8 Å². The number of hydrogen-bond donors (Lipinski definition) is 7. The van der Waals surface area contributed by atoms with E-state index < -0.39 is 48.0 Å². The van der Waals surface area contributed by atoms with Gasteiger partial charge >= 0.3 is 11.9 Å². The molecule has 18 heteroatoms. The largest absolute Gasteiger partial charge is 0.481 e.